The third-order valence-electron chi connectivity index (χ3n) is 2.83. The number of benzene rings is 1. The number of aryl methyl sites for hydroxylation is 1. The van der Waals surface area contributed by atoms with Crippen LogP contribution < -0.4 is 10.5 Å². The van der Waals surface area contributed by atoms with Crippen molar-refractivity contribution in [2.24, 2.45) is 5.73 Å². The molecule has 0 amide bonds. The molecule has 14 heavy (non-hydrogen) atoms. The SMILES string of the molecule is COc1cccc2c1[C@H](N)[C@H](O)CC2. The highest BCUT2D eigenvalue weighted by molar-refractivity contribution is 5.44. The molecule has 0 heterocycles. The van der Waals surface area contributed by atoms with Crippen LogP contribution in [0.5, 0.6) is 5.75 Å². The molecule has 0 fully saturated rings. The van der Waals surface area contributed by atoms with Crippen molar-refractivity contribution in [2.75, 3.05) is 7.11 Å². The molecule has 3 heteroatoms. The number of nitrogens with two attached hydrogens (primary N) is 1. The molecule has 3 nitrogen and oxygen atoms in total. The number of ether oxygens (including phenoxy) is 1. The first-order valence-electron chi connectivity index (χ1n) is 4.83. The van der Waals surface area contributed by atoms with Gasteiger partial charge in [-0.15, -0.1) is 0 Å². The van der Waals surface area contributed by atoms with Gasteiger partial charge in [0.2, 0.25) is 0 Å². The maximum atomic E-state index is 9.66. The van der Waals surface area contributed by atoms with Crippen molar-refractivity contribution in [3.63, 3.8) is 0 Å². The maximum Gasteiger partial charge on any atom is 0.124 e. The van der Waals surface area contributed by atoms with E-state index in [1.807, 2.05) is 18.2 Å². The standard InChI is InChI=1S/C11H15NO2/c1-14-9-4-2-3-7-5-6-8(13)11(12)10(7)9/h2-4,8,11,13H,5-6,12H2,1H3/t8-,11-/m1/s1. The molecule has 0 spiro atoms. The van der Waals surface area contributed by atoms with E-state index < -0.39 is 6.10 Å². The Morgan fingerprint density at radius 1 is 1.50 bits per heavy atom. The average molecular weight is 193 g/mol. The van der Waals surface area contributed by atoms with Crippen molar-refractivity contribution >= 4 is 0 Å². The van der Waals surface area contributed by atoms with Gasteiger partial charge in [-0.05, 0) is 24.5 Å². The van der Waals surface area contributed by atoms with E-state index in [1.54, 1.807) is 7.11 Å². The van der Waals surface area contributed by atoms with Crippen LogP contribution in [0.15, 0.2) is 18.2 Å². The van der Waals surface area contributed by atoms with Gasteiger partial charge in [0.05, 0.1) is 19.3 Å². The van der Waals surface area contributed by atoms with Crippen molar-refractivity contribution in [1.29, 1.82) is 0 Å². The van der Waals surface area contributed by atoms with Gasteiger partial charge in [0.15, 0.2) is 0 Å². The summed E-state index contributed by atoms with van der Waals surface area (Å²) < 4.78 is 5.24. The Labute approximate surface area is 83.5 Å². The summed E-state index contributed by atoms with van der Waals surface area (Å²) in [6.07, 6.45) is 1.17. The molecule has 1 aromatic rings. The predicted octanol–water partition coefficient (Wildman–Crippen LogP) is 1.00. The van der Waals surface area contributed by atoms with Crippen LogP contribution >= 0.6 is 0 Å². The normalized spacial score (nSPS) is 25.6. The lowest BCUT2D eigenvalue weighted by molar-refractivity contribution is 0.126. The number of methoxy groups -OCH3 is 1. The minimum Gasteiger partial charge on any atom is -0.496 e. The van der Waals surface area contributed by atoms with Crippen molar-refractivity contribution in [3.05, 3.63) is 29.3 Å². The van der Waals surface area contributed by atoms with Crippen molar-refractivity contribution in [3.8, 4) is 5.75 Å². The second kappa shape index (κ2) is 3.59. The average Bonchev–Trinajstić information content (AvgIpc) is 2.23. The van der Waals surface area contributed by atoms with Crippen LogP contribution in [0.1, 0.15) is 23.6 Å². The molecular formula is C11H15NO2. The fraction of sp³-hybridized carbons (Fsp3) is 0.455. The topological polar surface area (TPSA) is 55.5 Å². The van der Waals surface area contributed by atoms with Gasteiger partial charge < -0.3 is 15.6 Å². The summed E-state index contributed by atoms with van der Waals surface area (Å²) in [5.74, 6) is 0.786. The quantitative estimate of drug-likeness (QED) is 0.699. The minimum absolute atomic E-state index is 0.310. The van der Waals surface area contributed by atoms with Crippen LogP contribution in [0.2, 0.25) is 0 Å². The van der Waals surface area contributed by atoms with Gasteiger partial charge in [-0.2, -0.15) is 0 Å². The zero-order valence-corrected chi connectivity index (χ0v) is 8.23. The summed E-state index contributed by atoms with van der Waals surface area (Å²) >= 11 is 0. The molecular weight excluding hydrogens is 178 g/mol. The third kappa shape index (κ3) is 1.38. The monoisotopic (exact) mass is 193 g/mol. The molecule has 0 saturated carbocycles. The van der Waals surface area contributed by atoms with E-state index in [4.69, 9.17) is 10.5 Å². The summed E-state index contributed by atoms with van der Waals surface area (Å²) in [6.45, 7) is 0. The van der Waals surface area contributed by atoms with Crippen LogP contribution in [0.4, 0.5) is 0 Å². The van der Waals surface area contributed by atoms with E-state index in [0.717, 1.165) is 24.2 Å². The molecule has 0 saturated heterocycles. The van der Waals surface area contributed by atoms with E-state index in [1.165, 1.54) is 5.56 Å². The van der Waals surface area contributed by atoms with E-state index >= 15 is 0 Å². The summed E-state index contributed by atoms with van der Waals surface area (Å²) in [7, 11) is 1.63. The molecule has 2 atom stereocenters. The highest BCUT2D eigenvalue weighted by Gasteiger charge is 2.27. The Balaban J connectivity index is 2.49. The molecule has 76 valence electrons. The van der Waals surface area contributed by atoms with Gasteiger partial charge in [0.1, 0.15) is 5.75 Å². The van der Waals surface area contributed by atoms with Gasteiger partial charge in [0, 0.05) is 5.56 Å². The summed E-state index contributed by atoms with van der Waals surface area (Å²) in [5.41, 5.74) is 8.10. The molecule has 0 aliphatic heterocycles. The lowest BCUT2D eigenvalue weighted by atomic mass is 9.85. The number of rotatable bonds is 1. The van der Waals surface area contributed by atoms with E-state index in [0.29, 0.717) is 0 Å². The maximum absolute atomic E-state index is 9.66. The highest BCUT2D eigenvalue weighted by atomic mass is 16.5. The number of fused-ring (bicyclic) bond motifs is 1. The lowest BCUT2D eigenvalue weighted by Crippen LogP contribution is -2.31. The summed E-state index contributed by atoms with van der Waals surface area (Å²) in [4.78, 5) is 0. The fourth-order valence-electron chi connectivity index (χ4n) is 2.04. The molecule has 0 radical (unpaired) electrons. The van der Waals surface area contributed by atoms with Crippen molar-refractivity contribution in [2.45, 2.75) is 25.0 Å². The second-order valence-corrected chi connectivity index (χ2v) is 3.66. The van der Waals surface area contributed by atoms with E-state index in [9.17, 15) is 5.11 Å². The largest absolute Gasteiger partial charge is 0.496 e. The number of hydrogen-bond donors (Lipinski definition) is 2. The Morgan fingerprint density at radius 3 is 3.00 bits per heavy atom. The molecule has 1 aromatic carbocycles. The zero-order chi connectivity index (χ0) is 10.1. The second-order valence-electron chi connectivity index (χ2n) is 3.66. The minimum atomic E-state index is -0.446. The summed E-state index contributed by atoms with van der Waals surface area (Å²) in [6, 6.07) is 5.58. The van der Waals surface area contributed by atoms with Crippen molar-refractivity contribution < 1.29 is 9.84 Å². The fourth-order valence-corrected chi connectivity index (χ4v) is 2.04. The molecule has 1 aliphatic rings. The van der Waals surface area contributed by atoms with E-state index in [-0.39, 0.29) is 6.04 Å². The first-order chi connectivity index (χ1) is 6.74. The zero-order valence-electron chi connectivity index (χ0n) is 8.23. The Kier molecular flexibility index (Phi) is 2.44. The van der Waals surface area contributed by atoms with Crippen LogP contribution in [-0.4, -0.2) is 18.3 Å². The first kappa shape index (κ1) is 9.49. The lowest BCUT2D eigenvalue weighted by Gasteiger charge is -2.28. The number of hydrogen-bond acceptors (Lipinski definition) is 3. The molecule has 0 aromatic heterocycles. The van der Waals surface area contributed by atoms with E-state index in [2.05, 4.69) is 0 Å². The molecule has 0 bridgehead atoms. The number of aliphatic hydroxyl groups is 1. The van der Waals surface area contributed by atoms with Gasteiger partial charge in [0.25, 0.3) is 0 Å². The van der Waals surface area contributed by atoms with Gasteiger partial charge in [-0.3, -0.25) is 0 Å². The van der Waals surface area contributed by atoms with Gasteiger partial charge in [-0.25, -0.2) is 0 Å². The molecule has 0 unspecified atom stereocenters. The van der Waals surface area contributed by atoms with Gasteiger partial charge in [-0.1, -0.05) is 12.1 Å². The van der Waals surface area contributed by atoms with Gasteiger partial charge >= 0.3 is 0 Å². The highest BCUT2D eigenvalue weighted by Crippen LogP contribution is 2.34. The molecule has 1 aliphatic carbocycles. The smallest absolute Gasteiger partial charge is 0.124 e. The Morgan fingerprint density at radius 2 is 2.29 bits per heavy atom. The van der Waals surface area contributed by atoms with Crippen LogP contribution in [0, 0.1) is 0 Å². The first-order valence-corrected chi connectivity index (χ1v) is 4.83. The Hall–Kier alpha value is -1.06. The molecule has 2 rings (SSSR count). The Bertz CT molecular complexity index is 324. The molecule has 3 N–H and O–H groups in total. The van der Waals surface area contributed by atoms with Crippen LogP contribution in [0.25, 0.3) is 0 Å². The van der Waals surface area contributed by atoms with Crippen molar-refractivity contribution in [1.82, 2.24) is 0 Å². The summed E-state index contributed by atoms with van der Waals surface area (Å²) in [5, 5.41) is 9.66. The van der Waals surface area contributed by atoms with Crippen LogP contribution in [-0.2, 0) is 6.42 Å². The predicted molar refractivity (Wildman–Crippen MR) is 54.3 cm³/mol. The van der Waals surface area contributed by atoms with Crippen LogP contribution in [0.3, 0.4) is 0 Å². The third-order valence-corrected chi connectivity index (χ3v) is 2.83. The number of aliphatic hydroxyl groups excluding tert-OH is 1.